The van der Waals surface area contributed by atoms with Gasteiger partial charge >= 0.3 is 0 Å². The second-order valence-electron chi connectivity index (χ2n) is 5.08. The Labute approximate surface area is 118 Å². The molecule has 1 aliphatic heterocycles. The van der Waals surface area contributed by atoms with Crippen LogP contribution in [0.5, 0.6) is 0 Å². The van der Waals surface area contributed by atoms with E-state index in [9.17, 15) is 13.2 Å². The van der Waals surface area contributed by atoms with Crippen LogP contribution in [0, 0.1) is 13.8 Å². The van der Waals surface area contributed by atoms with Crippen molar-refractivity contribution in [3.63, 3.8) is 0 Å². The molecular weight excluding hydrogens is 280 g/mol. The van der Waals surface area contributed by atoms with Crippen molar-refractivity contribution in [1.82, 2.24) is 19.8 Å². The Bertz CT molecular complexity index is 621. The molecule has 8 heteroatoms. The quantitative estimate of drug-likeness (QED) is 0.820. The number of carbonyl (C=O) groups is 1. The summed E-state index contributed by atoms with van der Waals surface area (Å²) in [5, 5.41) is 6.82. The van der Waals surface area contributed by atoms with E-state index in [1.165, 1.54) is 4.68 Å². The number of aromatic nitrogens is 2. The largest absolute Gasteiger partial charge is 0.355 e. The lowest BCUT2D eigenvalue weighted by Gasteiger charge is -2.15. The van der Waals surface area contributed by atoms with Crippen LogP contribution in [0.3, 0.4) is 0 Å². The molecule has 7 nitrogen and oxygen atoms in total. The number of hydrogen-bond acceptors (Lipinski definition) is 4. The highest BCUT2D eigenvalue weighted by molar-refractivity contribution is 7.89. The first-order valence-electron chi connectivity index (χ1n) is 6.63. The van der Waals surface area contributed by atoms with Gasteiger partial charge in [-0.05, 0) is 33.1 Å². The van der Waals surface area contributed by atoms with Crippen molar-refractivity contribution in [1.29, 1.82) is 0 Å². The number of nitrogens with zero attached hydrogens (tertiary/aromatic N) is 2. The first kappa shape index (κ1) is 15.0. The molecule has 1 saturated heterocycles. The minimum absolute atomic E-state index is 0.164. The Morgan fingerprint density at radius 2 is 2.05 bits per heavy atom. The molecule has 20 heavy (non-hydrogen) atoms. The van der Waals surface area contributed by atoms with Crippen molar-refractivity contribution in [2.45, 2.75) is 44.0 Å². The Hall–Kier alpha value is -1.41. The van der Waals surface area contributed by atoms with Gasteiger partial charge in [-0.3, -0.25) is 9.48 Å². The van der Waals surface area contributed by atoms with Crippen molar-refractivity contribution in [2.75, 3.05) is 6.54 Å². The lowest BCUT2D eigenvalue weighted by molar-refractivity contribution is -0.122. The monoisotopic (exact) mass is 300 g/mol. The molecule has 2 heterocycles. The van der Waals surface area contributed by atoms with E-state index in [0.717, 1.165) is 12.8 Å². The van der Waals surface area contributed by atoms with Crippen LogP contribution in [0.1, 0.15) is 30.7 Å². The third-order valence-corrected chi connectivity index (χ3v) is 5.27. The predicted octanol–water partition coefficient (Wildman–Crippen LogP) is -0.0161. The molecule has 1 aliphatic rings. The molecule has 0 aliphatic carbocycles. The van der Waals surface area contributed by atoms with Gasteiger partial charge in [-0.2, -0.15) is 9.82 Å². The third-order valence-electron chi connectivity index (χ3n) is 3.54. The average molecular weight is 300 g/mol. The van der Waals surface area contributed by atoms with Gasteiger partial charge in [-0.25, -0.2) is 8.42 Å². The molecule has 112 valence electrons. The zero-order valence-corrected chi connectivity index (χ0v) is 12.7. The van der Waals surface area contributed by atoms with Gasteiger partial charge in [0.1, 0.15) is 10.9 Å². The zero-order valence-electron chi connectivity index (χ0n) is 11.9. The predicted molar refractivity (Wildman–Crippen MR) is 73.7 cm³/mol. The summed E-state index contributed by atoms with van der Waals surface area (Å²) in [6.45, 7) is 3.94. The molecule has 1 atom stereocenters. The van der Waals surface area contributed by atoms with Crippen LogP contribution in [0.15, 0.2) is 4.90 Å². The number of hydrogen-bond donors (Lipinski definition) is 2. The van der Waals surface area contributed by atoms with Gasteiger partial charge in [-0.15, -0.1) is 0 Å². The molecule has 1 aromatic heterocycles. The minimum Gasteiger partial charge on any atom is -0.355 e. The van der Waals surface area contributed by atoms with Crippen LogP contribution < -0.4 is 10.0 Å². The summed E-state index contributed by atoms with van der Waals surface area (Å²) in [4.78, 5) is 12.0. The molecular formula is C12H20N4O3S. The van der Waals surface area contributed by atoms with Gasteiger partial charge in [0.05, 0.1) is 11.4 Å². The summed E-state index contributed by atoms with van der Waals surface area (Å²) in [5.41, 5.74) is 0.996. The number of amides is 1. The van der Waals surface area contributed by atoms with Crippen molar-refractivity contribution in [2.24, 2.45) is 7.05 Å². The highest BCUT2D eigenvalue weighted by Gasteiger charge is 2.30. The maximum atomic E-state index is 12.5. The highest BCUT2D eigenvalue weighted by Crippen LogP contribution is 2.19. The molecule has 0 bridgehead atoms. The fourth-order valence-electron chi connectivity index (χ4n) is 2.44. The van der Waals surface area contributed by atoms with E-state index >= 15 is 0 Å². The van der Waals surface area contributed by atoms with Gasteiger partial charge in [-0.1, -0.05) is 0 Å². The highest BCUT2D eigenvalue weighted by atomic mass is 32.2. The van der Waals surface area contributed by atoms with Crippen LogP contribution in [0.4, 0.5) is 0 Å². The molecule has 1 aromatic rings. The van der Waals surface area contributed by atoms with E-state index in [1.807, 2.05) is 0 Å². The second kappa shape index (κ2) is 5.53. The molecule has 0 saturated carbocycles. The molecule has 0 aromatic carbocycles. The van der Waals surface area contributed by atoms with Gasteiger partial charge in [0, 0.05) is 13.6 Å². The molecule has 2 rings (SSSR count). The number of carbonyl (C=O) groups excluding carboxylic acids is 1. The molecule has 0 unspecified atom stereocenters. The molecule has 1 fully saturated rings. The second-order valence-corrected chi connectivity index (χ2v) is 6.74. The maximum Gasteiger partial charge on any atom is 0.244 e. The number of rotatable bonds is 3. The fourth-order valence-corrected chi connectivity index (χ4v) is 4.11. The van der Waals surface area contributed by atoms with Gasteiger partial charge in [0.2, 0.25) is 15.9 Å². The third kappa shape index (κ3) is 2.85. The topological polar surface area (TPSA) is 93.1 Å². The number of aryl methyl sites for hydroxylation is 2. The first-order valence-corrected chi connectivity index (χ1v) is 8.11. The molecule has 0 radical (unpaired) electrons. The van der Waals surface area contributed by atoms with Gasteiger partial charge in [0.25, 0.3) is 0 Å². The van der Waals surface area contributed by atoms with Crippen LogP contribution in [0.25, 0.3) is 0 Å². The first-order chi connectivity index (χ1) is 9.33. The van der Waals surface area contributed by atoms with E-state index in [-0.39, 0.29) is 10.8 Å². The minimum atomic E-state index is -3.74. The Balaban J connectivity index is 2.29. The van der Waals surface area contributed by atoms with Gasteiger partial charge in [0.15, 0.2) is 0 Å². The van der Waals surface area contributed by atoms with Crippen molar-refractivity contribution >= 4 is 15.9 Å². The van der Waals surface area contributed by atoms with Crippen LogP contribution in [0.2, 0.25) is 0 Å². The van der Waals surface area contributed by atoms with Gasteiger partial charge < -0.3 is 5.32 Å². The van der Waals surface area contributed by atoms with E-state index in [1.54, 1.807) is 20.9 Å². The van der Waals surface area contributed by atoms with Crippen molar-refractivity contribution in [3.05, 3.63) is 11.4 Å². The van der Waals surface area contributed by atoms with Crippen molar-refractivity contribution in [3.8, 4) is 0 Å². The van der Waals surface area contributed by atoms with Crippen LogP contribution in [-0.2, 0) is 21.9 Å². The van der Waals surface area contributed by atoms with E-state index in [2.05, 4.69) is 15.1 Å². The Morgan fingerprint density at radius 1 is 1.35 bits per heavy atom. The van der Waals surface area contributed by atoms with Crippen LogP contribution in [-0.4, -0.2) is 36.7 Å². The summed E-state index contributed by atoms with van der Waals surface area (Å²) < 4.78 is 29.0. The van der Waals surface area contributed by atoms with E-state index in [0.29, 0.717) is 24.4 Å². The number of sulfonamides is 1. The summed E-state index contributed by atoms with van der Waals surface area (Å²) in [6.07, 6.45) is 2.20. The van der Waals surface area contributed by atoms with Crippen LogP contribution >= 0.6 is 0 Å². The summed E-state index contributed by atoms with van der Waals surface area (Å²) in [6, 6.07) is -0.707. The number of nitrogens with one attached hydrogen (secondary N) is 2. The standard InChI is InChI=1S/C12H20N4O3S/c1-8-11(9(2)16(3)14-8)20(18,19)15-10-6-4-5-7-13-12(10)17/h10,15H,4-7H2,1-3H3,(H,13,17)/t10-/m0/s1. The lowest BCUT2D eigenvalue weighted by atomic mass is 10.1. The molecule has 0 spiro atoms. The molecule has 1 amide bonds. The van der Waals surface area contributed by atoms with E-state index < -0.39 is 16.1 Å². The molecule has 2 N–H and O–H groups in total. The summed E-state index contributed by atoms with van der Waals surface area (Å²) >= 11 is 0. The van der Waals surface area contributed by atoms with Crippen molar-refractivity contribution < 1.29 is 13.2 Å². The Morgan fingerprint density at radius 3 is 2.65 bits per heavy atom. The normalized spacial score (nSPS) is 20.6. The summed E-state index contributed by atoms with van der Waals surface area (Å²) in [7, 11) is -2.05. The Kier molecular flexibility index (Phi) is 4.14. The zero-order chi connectivity index (χ0) is 14.9. The summed E-state index contributed by atoms with van der Waals surface area (Å²) in [5.74, 6) is -0.259. The fraction of sp³-hybridized carbons (Fsp3) is 0.667. The SMILES string of the molecule is Cc1nn(C)c(C)c1S(=O)(=O)N[C@H]1CCCCNC1=O. The smallest absolute Gasteiger partial charge is 0.244 e. The lowest BCUT2D eigenvalue weighted by Crippen LogP contribution is -2.45. The van der Waals surface area contributed by atoms with E-state index in [4.69, 9.17) is 0 Å². The average Bonchev–Trinajstić information content (AvgIpc) is 2.50. The maximum absolute atomic E-state index is 12.5.